The van der Waals surface area contributed by atoms with Crippen molar-refractivity contribution in [2.75, 3.05) is 31.8 Å². The molecule has 1 amide bonds. The number of carbonyl (C=O) groups is 1. The van der Waals surface area contributed by atoms with Crippen molar-refractivity contribution in [3.63, 3.8) is 0 Å². The summed E-state index contributed by atoms with van der Waals surface area (Å²) in [6.45, 7) is 3.63. The molecule has 0 atom stereocenters. The first kappa shape index (κ1) is 19.9. The Balaban J connectivity index is 1.93. The van der Waals surface area contributed by atoms with Gasteiger partial charge in [-0.2, -0.15) is 0 Å². The summed E-state index contributed by atoms with van der Waals surface area (Å²) in [5.74, 6) is 0.652. The molecule has 0 saturated carbocycles. The highest BCUT2D eigenvalue weighted by molar-refractivity contribution is 7.90. The number of likely N-dealkylation sites (N-methyl/N-ethyl adjacent to an activating group) is 1. The van der Waals surface area contributed by atoms with Crippen molar-refractivity contribution < 1.29 is 17.9 Å². The summed E-state index contributed by atoms with van der Waals surface area (Å²) in [5, 5.41) is 2.79. The number of anilines is 1. The van der Waals surface area contributed by atoms with E-state index in [1.807, 2.05) is 36.1 Å². The minimum absolute atomic E-state index is 0.146. The molecule has 0 aromatic heterocycles. The van der Waals surface area contributed by atoms with Crippen LogP contribution in [-0.4, -0.2) is 45.7 Å². The lowest BCUT2D eigenvalue weighted by Gasteiger charge is -2.20. The van der Waals surface area contributed by atoms with Gasteiger partial charge >= 0.3 is 0 Å². The van der Waals surface area contributed by atoms with Gasteiger partial charge in [-0.25, -0.2) is 8.42 Å². The van der Waals surface area contributed by atoms with Crippen molar-refractivity contribution in [3.05, 3.63) is 54.1 Å². The second kappa shape index (κ2) is 8.82. The molecule has 26 heavy (non-hydrogen) atoms. The summed E-state index contributed by atoms with van der Waals surface area (Å²) < 4.78 is 28.1. The second-order valence-electron chi connectivity index (χ2n) is 6.00. The normalized spacial score (nSPS) is 11.4. The molecular weight excluding hydrogens is 352 g/mol. The molecular formula is C19H24N2O4S. The van der Waals surface area contributed by atoms with E-state index in [4.69, 9.17) is 4.74 Å². The largest absolute Gasteiger partial charge is 0.497 e. The number of sulfone groups is 1. The zero-order chi connectivity index (χ0) is 19.2. The number of carbonyl (C=O) groups excluding carboxylic acids is 1. The molecule has 2 rings (SSSR count). The number of hydrogen-bond donors (Lipinski definition) is 1. The Morgan fingerprint density at radius 3 is 2.19 bits per heavy atom. The maximum absolute atomic E-state index is 12.3. The first-order valence-corrected chi connectivity index (χ1v) is 10.2. The van der Waals surface area contributed by atoms with E-state index in [9.17, 15) is 13.2 Å². The summed E-state index contributed by atoms with van der Waals surface area (Å²) in [6, 6.07) is 13.9. The molecule has 2 aromatic rings. The molecule has 0 aliphatic rings. The summed E-state index contributed by atoms with van der Waals surface area (Å²) >= 11 is 0. The van der Waals surface area contributed by atoms with Gasteiger partial charge in [-0.1, -0.05) is 19.1 Å². The number of ether oxygens (including phenoxy) is 1. The smallest absolute Gasteiger partial charge is 0.238 e. The van der Waals surface area contributed by atoms with Crippen LogP contribution in [0.2, 0.25) is 0 Å². The molecule has 1 N–H and O–H groups in total. The van der Waals surface area contributed by atoms with Crippen LogP contribution in [0.15, 0.2) is 53.4 Å². The molecule has 0 aliphatic heterocycles. The van der Waals surface area contributed by atoms with Crippen LogP contribution in [0.1, 0.15) is 12.5 Å². The molecule has 140 valence electrons. The summed E-state index contributed by atoms with van der Waals surface area (Å²) in [6.07, 6.45) is 1.15. The fraction of sp³-hybridized carbons (Fsp3) is 0.316. The van der Waals surface area contributed by atoms with Crippen molar-refractivity contribution >= 4 is 21.4 Å². The van der Waals surface area contributed by atoms with E-state index in [2.05, 4.69) is 5.32 Å². The standard InChI is InChI=1S/C19H24N2O4S/c1-4-21(13-15-5-9-17(25-2)10-6-15)14-19(22)20-16-7-11-18(12-8-16)26(3,23)24/h5-12H,4,13-14H2,1-3H3,(H,20,22). The zero-order valence-corrected chi connectivity index (χ0v) is 16.0. The van der Waals surface area contributed by atoms with Crippen LogP contribution in [0.3, 0.4) is 0 Å². The van der Waals surface area contributed by atoms with Crippen molar-refractivity contribution in [1.82, 2.24) is 4.90 Å². The van der Waals surface area contributed by atoms with Crippen LogP contribution in [0.5, 0.6) is 5.75 Å². The van der Waals surface area contributed by atoms with E-state index in [0.717, 1.165) is 24.1 Å². The molecule has 0 aliphatic carbocycles. The van der Waals surface area contributed by atoms with Gasteiger partial charge < -0.3 is 10.1 Å². The first-order valence-electron chi connectivity index (χ1n) is 8.27. The fourth-order valence-corrected chi connectivity index (χ4v) is 3.09. The summed E-state index contributed by atoms with van der Waals surface area (Å²) in [4.78, 5) is 14.5. The van der Waals surface area contributed by atoms with Gasteiger partial charge in [-0.15, -0.1) is 0 Å². The lowest BCUT2D eigenvalue weighted by molar-refractivity contribution is -0.117. The highest BCUT2D eigenvalue weighted by Crippen LogP contribution is 2.15. The molecule has 0 fully saturated rings. The second-order valence-corrected chi connectivity index (χ2v) is 8.01. The number of methoxy groups -OCH3 is 1. The predicted molar refractivity (Wildman–Crippen MR) is 102 cm³/mol. The third-order valence-corrected chi connectivity index (χ3v) is 5.07. The highest BCUT2D eigenvalue weighted by atomic mass is 32.2. The zero-order valence-electron chi connectivity index (χ0n) is 15.2. The SMILES string of the molecule is CCN(CC(=O)Nc1ccc(S(C)(=O)=O)cc1)Cc1ccc(OC)cc1. The topological polar surface area (TPSA) is 75.7 Å². The monoisotopic (exact) mass is 376 g/mol. The number of rotatable bonds is 8. The van der Waals surface area contributed by atoms with Crippen LogP contribution < -0.4 is 10.1 Å². The van der Waals surface area contributed by atoms with Gasteiger partial charge in [0.1, 0.15) is 5.75 Å². The van der Waals surface area contributed by atoms with Gasteiger partial charge in [0.15, 0.2) is 9.84 Å². The van der Waals surface area contributed by atoms with Crippen molar-refractivity contribution in [1.29, 1.82) is 0 Å². The Morgan fingerprint density at radius 2 is 1.69 bits per heavy atom. The molecule has 0 spiro atoms. The van der Waals surface area contributed by atoms with Crippen LogP contribution in [0, 0.1) is 0 Å². The molecule has 6 nitrogen and oxygen atoms in total. The van der Waals surface area contributed by atoms with E-state index in [-0.39, 0.29) is 17.3 Å². The van der Waals surface area contributed by atoms with E-state index < -0.39 is 9.84 Å². The average molecular weight is 376 g/mol. The lowest BCUT2D eigenvalue weighted by atomic mass is 10.2. The quantitative estimate of drug-likeness (QED) is 0.766. The Kier molecular flexibility index (Phi) is 6.76. The third-order valence-electron chi connectivity index (χ3n) is 3.95. The van der Waals surface area contributed by atoms with Gasteiger partial charge in [-0.3, -0.25) is 9.69 Å². The van der Waals surface area contributed by atoms with Crippen LogP contribution in [0.4, 0.5) is 5.69 Å². The molecule has 0 unspecified atom stereocenters. The fourth-order valence-electron chi connectivity index (χ4n) is 2.46. The van der Waals surface area contributed by atoms with Crippen LogP contribution in [0.25, 0.3) is 0 Å². The number of nitrogens with zero attached hydrogens (tertiary/aromatic N) is 1. The first-order chi connectivity index (χ1) is 12.3. The Hall–Kier alpha value is -2.38. The Bertz CT molecular complexity index is 831. The third kappa shape index (κ3) is 5.86. The van der Waals surface area contributed by atoms with Crippen LogP contribution in [-0.2, 0) is 21.2 Å². The van der Waals surface area contributed by atoms with Crippen LogP contribution >= 0.6 is 0 Å². The van der Waals surface area contributed by atoms with Gasteiger partial charge in [0, 0.05) is 18.5 Å². The molecule has 0 saturated heterocycles. The number of benzene rings is 2. The predicted octanol–water partition coefficient (Wildman–Crippen LogP) is 2.56. The molecule has 2 aromatic carbocycles. The van der Waals surface area contributed by atoms with E-state index in [1.54, 1.807) is 19.2 Å². The maximum atomic E-state index is 12.3. The number of amides is 1. The van der Waals surface area contributed by atoms with Gasteiger partial charge in [0.05, 0.1) is 18.6 Å². The maximum Gasteiger partial charge on any atom is 0.238 e. The van der Waals surface area contributed by atoms with Crippen molar-refractivity contribution in [3.8, 4) is 5.75 Å². The van der Waals surface area contributed by atoms with Crippen molar-refractivity contribution in [2.45, 2.75) is 18.4 Å². The van der Waals surface area contributed by atoms with Gasteiger partial charge in [-0.05, 0) is 48.5 Å². The van der Waals surface area contributed by atoms with Crippen molar-refractivity contribution in [2.24, 2.45) is 0 Å². The Morgan fingerprint density at radius 1 is 1.08 bits per heavy atom. The molecule has 0 heterocycles. The van der Waals surface area contributed by atoms with Gasteiger partial charge in [0.25, 0.3) is 0 Å². The summed E-state index contributed by atoms with van der Waals surface area (Å²) in [5.41, 5.74) is 1.67. The van der Waals surface area contributed by atoms with E-state index in [1.165, 1.54) is 12.1 Å². The minimum atomic E-state index is -3.24. The average Bonchev–Trinajstić information content (AvgIpc) is 2.61. The molecule has 7 heteroatoms. The van der Waals surface area contributed by atoms with E-state index >= 15 is 0 Å². The summed E-state index contributed by atoms with van der Waals surface area (Å²) in [7, 11) is -1.62. The van der Waals surface area contributed by atoms with Gasteiger partial charge in [0.2, 0.25) is 5.91 Å². The number of nitrogens with one attached hydrogen (secondary N) is 1. The Labute approximate surface area is 154 Å². The van der Waals surface area contributed by atoms with E-state index in [0.29, 0.717) is 12.2 Å². The minimum Gasteiger partial charge on any atom is -0.497 e. The molecule has 0 radical (unpaired) electrons. The lowest BCUT2D eigenvalue weighted by Crippen LogP contribution is -2.32. The highest BCUT2D eigenvalue weighted by Gasteiger charge is 2.11. The number of hydrogen-bond acceptors (Lipinski definition) is 5. The molecule has 0 bridgehead atoms.